The molecular formula is C23H17FN8S. The highest BCUT2D eigenvalue weighted by atomic mass is 32.1. The summed E-state index contributed by atoms with van der Waals surface area (Å²) in [4.78, 5) is 24.0. The maximum absolute atomic E-state index is 15.8. The molecule has 0 saturated heterocycles. The molecule has 8 nitrogen and oxygen atoms in total. The van der Waals surface area contributed by atoms with Crippen molar-refractivity contribution in [2.75, 3.05) is 19.0 Å². The molecule has 6 rings (SSSR count). The van der Waals surface area contributed by atoms with E-state index >= 15 is 4.39 Å². The van der Waals surface area contributed by atoms with Gasteiger partial charge < -0.3 is 9.88 Å². The maximum Gasteiger partial charge on any atom is 0.161 e. The van der Waals surface area contributed by atoms with E-state index in [1.165, 1.54) is 0 Å². The summed E-state index contributed by atoms with van der Waals surface area (Å²) in [6, 6.07) is 7.67. The Morgan fingerprint density at radius 1 is 1.00 bits per heavy atom. The molecule has 0 spiro atoms. The molecule has 0 aromatic carbocycles. The third kappa shape index (κ3) is 3.14. The van der Waals surface area contributed by atoms with Crippen LogP contribution >= 0.6 is 11.3 Å². The number of hydrogen-bond donors (Lipinski definition) is 2. The van der Waals surface area contributed by atoms with Crippen molar-refractivity contribution in [3.63, 3.8) is 0 Å². The lowest BCUT2D eigenvalue weighted by Crippen LogP contribution is -2.09. The minimum Gasteiger partial charge on any atom is -0.376 e. The molecular weight excluding hydrogens is 439 g/mol. The average Bonchev–Trinajstić information content (AvgIpc) is 3.58. The van der Waals surface area contributed by atoms with Crippen molar-refractivity contribution in [1.82, 2.24) is 35.1 Å². The van der Waals surface area contributed by atoms with Crippen LogP contribution < -0.4 is 4.90 Å². The smallest absolute Gasteiger partial charge is 0.161 e. The lowest BCUT2D eigenvalue weighted by molar-refractivity contribution is 0.638. The summed E-state index contributed by atoms with van der Waals surface area (Å²) < 4.78 is 15.8. The predicted molar refractivity (Wildman–Crippen MR) is 128 cm³/mol. The molecule has 162 valence electrons. The Balaban J connectivity index is 1.53. The van der Waals surface area contributed by atoms with Crippen LogP contribution in [0.5, 0.6) is 0 Å². The zero-order valence-electron chi connectivity index (χ0n) is 17.7. The molecule has 0 bridgehead atoms. The average molecular weight is 457 g/mol. The SMILES string of the molecule is CN(C)c1cncc(-c2ncc3[nH]nc(-c4nc5c(-c6cccs6)nccc5[nH]4)c3c2F)c1. The summed E-state index contributed by atoms with van der Waals surface area (Å²) >= 11 is 1.59. The number of halogens is 1. The molecule has 6 aromatic rings. The van der Waals surface area contributed by atoms with Crippen molar-refractivity contribution in [3.05, 3.63) is 60.3 Å². The van der Waals surface area contributed by atoms with Crippen molar-refractivity contribution < 1.29 is 4.39 Å². The largest absolute Gasteiger partial charge is 0.376 e. The number of pyridine rings is 3. The van der Waals surface area contributed by atoms with Crippen LogP contribution in [0, 0.1) is 5.82 Å². The first-order chi connectivity index (χ1) is 16.1. The Hall–Kier alpha value is -4.18. The van der Waals surface area contributed by atoms with Crippen LogP contribution in [0.1, 0.15) is 0 Å². The van der Waals surface area contributed by atoms with Gasteiger partial charge in [-0.3, -0.25) is 20.1 Å². The molecule has 2 N–H and O–H groups in total. The summed E-state index contributed by atoms with van der Waals surface area (Å²) in [5.41, 5.74) is 4.81. The zero-order chi connectivity index (χ0) is 22.5. The van der Waals surface area contributed by atoms with Gasteiger partial charge in [0.05, 0.1) is 39.4 Å². The van der Waals surface area contributed by atoms with Crippen LogP contribution in [0.4, 0.5) is 10.1 Å². The minimum absolute atomic E-state index is 0.207. The number of fused-ring (bicyclic) bond motifs is 2. The van der Waals surface area contributed by atoms with E-state index < -0.39 is 5.82 Å². The second-order valence-electron chi connectivity index (χ2n) is 7.73. The summed E-state index contributed by atoms with van der Waals surface area (Å²) in [7, 11) is 3.81. The molecule has 0 aliphatic rings. The first-order valence-electron chi connectivity index (χ1n) is 10.1. The molecule has 0 radical (unpaired) electrons. The monoisotopic (exact) mass is 456 g/mol. The van der Waals surface area contributed by atoms with Gasteiger partial charge in [0.2, 0.25) is 0 Å². The lowest BCUT2D eigenvalue weighted by Gasteiger charge is -2.13. The third-order valence-corrected chi connectivity index (χ3v) is 6.31. The zero-order valence-corrected chi connectivity index (χ0v) is 18.5. The normalized spacial score (nSPS) is 11.5. The van der Waals surface area contributed by atoms with E-state index in [9.17, 15) is 0 Å². The maximum atomic E-state index is 15.8. The number of anilines is 1. The molecule has 10 heteroatoms. The van der Waals surface area contributed by atoms with Crippen molar-refractivity contribution >= 4 is 39.0 Å². The van der Waals surface area contributed by atoms with Gasteiger partial charge >= 0.3 is 0 Å². The van der Waals surface area contributed by atoms with E-state index in [1.54, 1.807) is 36.1 Å². The lowest BCUT2D eigenvalue weighted by atomic mass is 10.1. The van der Waals surface area contributed by atoms with Gasteiger partial charge in [-0.2, -0.15) is 5.10 Å². The molecule has 0 amide bonds. The van der Waals surface area contributed by atoms with Gasteiger partial charge in [0.15, 0.2) is 11.6 Å². The van der Waals surface area contributed by atoms with E-state index in [0.29, 0.717) is 33.5 Å². The Bertz CT molecular complexity index is 1620. The minimum atomic E-state index is -0.481. The summed E-state index contributed by atoms with van der Waals surface area (Å²) in [5, 5.41) is 9.54. The highest BCUT2D eigenvalue weighted by Crippen LogP contribution is 2.35. The van der Waals surface area contributed by atoms with E-state index in [4.69, 9.17) is 4.98 Å². The number of hydrogen-bond acceptors (Lipinski definition) is 7. The molecule has 0 atom stereocenters. The van der Waals surface area contributed by atoms with Crippen LogP contribution in [0.3, 0.4) is 0 Å². The number of nitrogens with zero attached hydrogens (tertiary/aromatic N) is 6. The summed E-state index contributed by atoms with van der Waals surface area (Å²) in [6.45, 7) is 0. The van der Waals surface area contributed by atoms with Gasteiger partial charge in [0.1, 0.15) is 22.6 Å². The van der Waals surface area contributed by atoms with Crippen molar-refractivity contribution in [2.24, 2.45) is 0 Å². The highest BCUT2D eigenvalue weighted by Gasteiger charge is 2.21. The first kappa shape index (κ1) is 19.5. The Kier molecular flexibility index (Phi) is 4.40. The van der Waals surface area contributed by atoms with Crippen LogP contribution in [-0.4, -0.2) is 49.2 Å². The number of H-pyrrole nitrogens is 2. The van der Waals surface area contributed by atoms with Gasteiger partial charge in [-0.1, -0.05) is 6.07 Å². The number of thiophene rings is 1. The van der Waals surface area contributed by atoms with E-state index in [2.05, 4.69) is 30.1 Å². The third-order valence-electron chi connectivity index (χ3n) is 5.44. The molecule has 6 aromatic heterocycles. The number of nitrogens with one attached hydrogen (secondary N) is 2. The van der Waals surface area contributed by atoms with Crippen molar-refractivity contribution in [1.29, 1.82) is 0 Å². The quantitative estimate of drug-likeness (QED) is 0.392. The predicted octanol–water partition coefficient (Wildman–Crippen LogP) is 4.89. The number of rotatable bonds is 4. The fraction of sp³-hybridized carbons (Fsp3) is 0.0870. The van der Waals surface area contributed by atoms with E-state index in [0.717, 1.165) is 21.8 Å². The first-order valence-corrected chi connectivity index (χ1v) is 11.0. The molecule has 0 fully saturated rings. The summed E-state index contributed by atoms with van der Waals surface area (Å²) in [6.07, 6.45) is 6.63. The second-order valence-corrected chi connectivity index (χ2v) is 8.67. The van der Waals surface area contributed by atoms with Crippen LogP contribution in [0.15, 0.2) is 54.4 Å². The Morgan fingerprint density at radius 3 is 2.73 bits per heavy atom. The van der Waals surface area contributed by atoms with Crippen molar-refractivity contribution in [2.45, 2.75) is 0 Å². The standard InChI is InChI=1S/C23H17FN8S/c1-32(2)13-8-12(9-25-10-13)19-18(24)17-15(11-27-19)30-31-22(17)23-28-14-5-6-26-21(20(14)29-23)16-4-3-7-33-16/h3-11H,1-2H3,(H,28,29)(H,30,31). The second kappa shape index (κ2) is 7.45. The molecule has 0 saturated carbocycles. The van der Waals surface area contributed by atoms with Gasteiger partial charge in [-0.05, 0) is 23.6 Å². The number of imidazole rings is 1. The van der Waals surface area contributed by atoms with E-state index in [-0.39, 0.29) is 5.69 Å². The molecule has 0 unspecified atom stereocenters. The fourth-order valence-corrected chi connectivity index (χ4v) is 4.51. The molecule has 33 heavy (non-hydrogen) atoms. The van der Waals surface area contributed by atoms with Crippen LogP contribution in [-0.2, 0) is 0 Å². The van der Waals surface area contributed by atoms with E-state index in [1.807, 2.05) is 48.6 Å². The Labute approximate surface area is 191 Å². The molecule has 0 aliphatic heterocycles. The van der Waals surface area contributed by atoms with Gasteiger partial charge in [-0.25, -0.2) is 9.37 Å². The van der Waals surface area contributed by atoms with Gasteiger partial charge in [-0.15, -0.1) is 11.3 Å². The number of aromatic nitrogens is 7. The Morgan fingerprint density at radius 2 is 1.91 bits per heavy atom. The summed E-state index contributed by atoms with van der Waals surface area (Å²) in [5.74, 6) is -0.0238. The highest BCUT2D eigenvalue weighted by molar-refractivity contribution is 7.13. The number of aromatic amines is 2. The fourth-order valence-electron chi connectivity index (χ4n) is 3.79. The van der Waals surface area contributed by atoms with Crippen LogP contribution in [0.2, 0.25) is 0 Å². The molecule has 6 heterocycles. The topological polar surface area (TPSA) is 99.3 Å². The van der Waals surface area contributed by atoms with Crippen molar-refractivity contribution in [3.8, 4) is 33.3 Å². The van der Waals surface area contributed by atoms with Gasteiger partial charge in [0.25, 0.3) is 0 Å². The van der Waals surface area contributed by atoms with Gasteiger partial charge in [0, 0.05) is 32.1 Å². The molecule has 0 aliphatic carbocycles. The van der Waals surface area contributed by atoms with Crippen LogP contribution in [0.25, 0.3) is 55.3 Å².